The number of piperidine rings is 1. The van der Waals surface area contributed by atoms with Gasteiger partial charge < -0.3 is 10.3 Å². The molecule has 15 heteroatoms. The maximum Gasteiger partial charge on any atom is 0.416 e. The van der Waals surface area contributed by atoms with E-state index in [0.717, 1.165) is 37.6 Å². The molecule has 9 nitrogen and oxygen atoms in total. The molecule has 1 saturated heterocycles. The van der Waals surface area contributed by atoms with Crippen LogP contribution >= 0.6 is 0 Å². The first-order chi connectivity index (χ1) is 20.9. The molecule has 6 rings (SSSR count). The maximum atomic E-state index is 15.6. The summed E-state index contributed by atoms with van der Waals surface area (Å²) in [5, 5.41) is 8.04. The molecule has 44 heavy (non-hydrogen) atoms. The minimum atomic E-state index is -4.69. The van der Waals surface area contributed by atoms with Gasteiger partial charge in [-0.1, -0.05) is 0 Å². The number of alkyl halides is 3. The van der Waals surface area contributed by atoms with Crippen molar-refractivity contribution in [3.63, 3.8) is 0 Å². The number of pyridine rings is 1. The summed E-state index contributed by atoms with van der Waals surface area (Å²) in [6.07, 6.45) is 3.52. The molecular formula is C29H23F5N6O3S. The number of hydrogen-bond acceptors (Lipinski definition) is 6. The molecule has 4 heterocycles. The number of H-pyrrole nitrogens is 1. The molecule has 5 aromatic rings. The Kier molecular flexibility index (Phi) is 7.45. The third-order valence-electron chi connectivity index (χ3n) is 7.45. The number of hydrogen-bond donors (Lipinski definition) is 3. The van der Waals surface area contributed by atoms with E-state index in [1.165, 1.54) is 6.20 Å². The third kappa shape index (κ3) is 5.55. The highest BCUT2D eigenvalue weighted by atomic mass is 32.2. The Balaban J connectivity index is 1.30. The number of ketones is 1. The number of aromatic amines is 1. The van der Waals surface area contributed by atoms with Gasteiger partial charge in [0.25, 0.3) is 10.0 Å². The maximum absolute atomic E-state index is 15.6. The summed E-state index contributed by atoms with van der Waals surface area (Å²) in [4.78, 5) is 20.1. The van der Waals surface area contributed by atoms with Crippen LogP contribution < -0.4 is 10.0 Å². The van der Waals surface area contributed by atoms with E-state index in [9.17, 15) is 30.8 Å². The van der Waals surface area contributed by atoms with Gasteiger partial charge in [0.05, 0.1) is 33.9 Å². The normalized spacial score (nSPS) is 14.7. The molecule has 2 aromatic carbocycles. The van der Waals surface area contributed by atoms with Crippen molar-refractivity contribution < 1.29 is 35.2 Å². The van der Waals surface area contributed by atoms with Crippen LogP contribution in [0.4, 0.5) is 27.6 Å². The van der Waals surface area contributed by atoms with Gasteiger partial charge >= 0.3 is 6.18 Å². The number of sulfonamides is 1. The van der Waals surface area contributed by atoms with E-state index < -0.39 is 55.3 Å². The zero-order chi connectivity index (χ0) is 31.2. The lowest BCUT2D eigenvalue weighted by Crippen LogP contribution is -2.29. The molecule has 0 unspecified atom stereocenters. The highest BCUT2D eigenvalue weighted by molar-refractivity contribution is 7.92. The first kappa shape index (κ1) is 29.4. The summed E-state index contributed by atoms with van der Waals surface area (Å²) >= 11 is 0. The van der Waals surface area contributed by atoms with Crippen LogP contribution in [0, 0.1) is 11.6 Å². The Morgan fingerprint density at radius 1 is 1.00 bits per heavy atom. The highest BCUT2D eigenvalue weighted by Gasteiger charge is 2.31. The topological polar surface area (TPSA) is 122 Å². The molecule has 0 spiro atoms. The lowest BCUT2D eigenvalue weighted by molar-refractivity contribution is -0.137. The molecule has 3 N–H and O–H groups in total. The third-order valence-corrected chi connectivity index (χ3v) is 8.83. The van der Waals surface area contributed by atoms with Crippen molar-refractivity contribution in [1.82, 2.24) is 25.1 Å². The second kappa shape index (κ2) is 11.1. The summed E-state index contributed by atoms with van der Waals surface area (Å²) in [6, 6.07) is 5.89. The Morgan fingerprint density at radius 3 is 2.43 bits per heavy atom. The van der Waals surface area contributed by atoms with Crippen LogP contribution in [0.5, 0.6) is 0 Å². The van der Waals surface area contributed by atoms with Crippen LogP contribution in [0.25, 0.3) is 22.2 Å². The Morgan fingerprint density at radius 2 is 1.73 bits per heavy atom. The van der Waals surface area contributed by atoms with Gasteiger partial charge in [0.15, 0.2) is 5.82 Å². The fourth-order valence-corrected chi connectivity index (χ4v) is 6.17. The second-order valence-electron chi connectivity index (χ2n) is 10.3. The molecule has 0 atom stereocenters. The zero-order valence-corrected chi connectivity index (χ0v) is 23.4. The summed E-state index contributed by atoms with van der Waals surface area (Å²) in [5.41, 5.74) is -1.35. The van der Waals surface area contributed by atoms with Crippen LogP contribution in [-0.2, 0) is 16.2 Å². The quantitative estimate of drug-likeness (QED) is 0.157. The number of benzene rings is 2. The van der Waals surface area contributed by atoms with E-state index in [1.54, 1.807) is 18.5 Å². The molecule has 0 bridgehead atoms. The lowest BCUT2D eigenvalue weighted by atomic mass is 10.0. The zero-order valence-electron chi connectivity index (χ0n) is 22.6. The van der Waals surface area contributed by atoms with Gasteiger partial charge in [0.2, 0.25) is 5.78 Å². The number of halogens is 5. The van der Waals surface area contributed by atoms with Crippen LogP contribution in [0.2, 0.25) is 0 Å². The summed E-state index contributed by atoms with van der Waals surface area (Å²) in [6.45, 7) is 1.76. The van der Waals surface area contributed by atoms with Crippen molar-refractivity contribution in [1.29, 1.82) is 0 Å². The van der Waals surface area contributed by atoms with Crippen molar-refractivity contribution in [2.24, 2.45) is 0 Å². The number of carbonyl (C=O) groups excluding carboxylic acids is 1. The minimum Gasteiger partial charge on any atom is -0.345 e. The van der Waals surface area contributed by atoms with E-state index in [2.05, 4.69) is 20.4 Å². The molecule has 228 valence electrons. The number of nitrogens with one attached hydrogen (secondary N) is 3. The first-order valence-corrected chi connectivity index (χ1v) is 14.9. The molecule has 0 saturated carbocycles. The monoisotopic (exact) mass is 630 g/mol. The summed E-state index contributed by atoms with van der Waals surface area (Å²) in [7, 11) is -4.60. The minimum absolute atomic E-state index is 0.111. The molecule has 0 radical (unpaired) electrons. The van der Waals surface area contributed by atoms with E-state index in [1.807, 2.05) is 15.6 Å². The van der Waals surface area contributed by atoms with E-state index in [-0.39, 0.29) is 22.6 Å². The van der Waals surface area contributed by atoms with Crippen LogP contribution in [0.15, 0.2) is 72.1 Å². The summed E-state index contributed by atoms with van der Waals surface area (Å²) < 4.78 is 98.5. The number of carbonyl (C=O) groups is 1. The van der Waals surface area contributed by atoms with Crippen molar-refractivity contribution in [3.8, 4) is 11.1 Å². The SMILES string of the molecule is O=C(c1c(F)ccc(NS(=O)(=O)c2ccc(C(F)(F)F)cc2)c1F)c1c[nH]c2ncc(-c3cnn(C4CCNCC4)c3)cc12. The fourth-order valence-electron chi connectivity index (χ4n) is 5.11. The standard InChI is InChI=1S/C29H23F5N6O3S/c30-23-5-6-24(39-44(42,43)20-3-1-18(2-4-20)29(32,33)34)26(31)25(23)27(41)22-14-37-28-21(22)11-16(12-36-28)17-13-38-40(15-17)19-7-9-35-10-8-19/h1-6,11-15,19,35,39H,7-10H2,(H,36,37). The Labute approximate surface area is 247 Å². The van der Waals surface area contributed by atoms with Gasteiger partial charge in [-0.3, -0.25) is 14.2 Å². The number of nitrogens with zero attached hydrogens (tertiary/aromatic N) is 3. The van der Waals surface area contributed by atoms with Gasteiger partial charge in [-0.05, 0) is 68.4 Å². The van der Waals surface area contributed by atoms with Crippen molar-refractivity contribution in [3.05, 3.63) is 95.6 Å². The number of rotatable bonds is 7. The van der Waals surface area contributed by atoms with Gasteiger partial charge in [0, 0.05) is 40.7 Å². The summed E-state index contributed by atoms with van der Waals surface area (Å²) in [5.74, 6) is -3.81. The molecule has 1 fully saturated rings. The van der Waals surface area contributed by atoms with Crippen molar-refractivity contribution in [2.45, 2.75) is 30.0 Å². The molecule has 3 aromatic heterocycles. The Hall–Kier alpha value is -4.63. The average molecular weight is 631 g/mol. The number of fused-ring (bicyclic) bond motifs is 1. The van der Waals surface area contributed by atoms with Gasteiger partial charge in [-0.15, -0.1) is 0 Å². The largest absolute Gasteiger partial charge is 0.416 e. The predicted molar refractivity (Wildman–Crippen MR) is 150 cm³/mol. The van der Waals surface area contributed by atoms with Crippen LogP contribution in [0.1, 0.15) is 40.4 Å². The number of anilines is 1. The molecule has 0 amide bonds. The van der Waals surface area contributed by atoms with E-state index in [4.69, 9.17) is 0 Å². The molecule has 1 aliphatic rings. The molecular weight excluding hydrogens is 607 g/mol. The van der Waals surface area contributed by atoms with E-state index >= 15 is 4.39 Å². The lowest BCUT2D eigenvalue weighted by Gasteiger charge is -2.22. The van der Waals surface area contributed by atoms with Crippen LogP contribution in [-0.4, -0.2) is 47.0 Å². The fraction of sp³-hybridized carbons (Fsp3) is 0.207. The Bertz CT molecular complexity index is 1980. The van der Waals surface area contributed by atoms with E-state index in [0.29, 0.717) is 35.9 Å². The van der Waals surface area contributed by atoms with Gasteiger partial charge in [0.1, 0.15) is 11.5 Å². The first-order valence-electron chi connectivity index (χ1n) is 13.4. The molecule has 1 aliphatic heterocycles. The number of aromatic nitrogens is 4. The molecule has 0 aliphatic carbocycles. The van der Waals surface area contributed by atoms with Crippen molar-refractivity contribution in [2.75, 3.05) is 17.8 Å². The highest BCUT2D eigenvalue weighted by Crippen LogP contribution is 2.32. The van der Waals surface area contributed by atoms with Gasteiger partial charge in [-0.2, -0.15) is 18.3 Å². The smallest absolute Gasteiger partial charge is 0.345 e. The second-order valence-corrected chi connectivity index (χ2v) is 11.9. The average Bonchev–Trinajstić information content (AvgIpc) is 3.66. The van der Waals surface area contributed by atoms with Crippen LogP contribution in [0.3, 0.4) is 0 Å². The predicted octanol–water partition coefficient (Wildman–Crippen LogP) is 5.68. The van der Waals surface area contributed by atoms with Gasteiger partial charge in [-0.25, -0.2) is 22.2 Å². The van der Waals surface area contributed by atoms with Crippen molar-refractivity contribution >= 4 is 32.5 Å².